The minimum Gasteiger partial charge on any atom is -0.496 e. The fourth-order valence-corrected chi connectivity index (χ4v) is 7.31. The maximum absolute atomic E-state index is 13.7. The van der Waals surface area contributed by atoms with Gasteiger partial charge in [-0.15, -0.1) is 11.3 Å². The first-order valence-electron chi connectivity index (χ1n) is 14.0. The van der Waals surface area contributed by atoms with Crippen LogP contribution in [0.4, 0.5) is 4.79 Å². The van der Waals surface area contributed by atoms with Gasteiger partial charge in [-0.1, -0.05) is 23.3 Å². The molecule has 2 amide bonds. The van der Waals surface area contributed by atoms with Gasteiger partial charge in [0, 0.05) is 63.7 Å². The molecule has 3 heterocycles. The summed E-state index contributed by atoms with van der Waals surface area (Å²) in [5, 5.41) is 17.6. The highest BCUT2D eigenvalue weighted by Crippen LogP contribution is 2.46. The lowest BCUT2D eigenvalue weighted by molar-refractivity contribution is 0.0692. The first kappa shape index (κ1) is 27.0. The first-order chi connectivity index (χ1) is 20.0. The monoisotopic (exact) mass is 572 g/mol. The SMILES string of the molecule is COc1cc(C(=O)N2CCCC(NC(=O)O)C2)cc2sc(-c3cc4ccccc4n3CC3CC3)c(CCN=[N+]=[N-])c12. The molecule has 2 aliphatic rings. The van der Waals surface area contributed by atoms with Gasteiger partial charge in [0.05, 0.1) is 17.7 Å². The van der Waals surface area contributed by atoms with Crippen LogP contribution in [0.15, 0.2) is 47.6 Å². The van der Waals surface area contributed by atoms with Crippen molar-refractivity contribution in [2.45, 2.75) is 44.7 Å². The van der Waals surface area contributed by atoms with E-state index in [1.165, 1.54) is 23.7 Å². The van der Waals surface area contributed by atoms with Gasteiger partial charge in [0.1, 0.15) is 5.75 Å². The normalized spacial score (nSPS) is 17.0. The zero-order valence-corrected chi connectivity index (χ0v) is 23.7. The molecule has 1 saturated heterocycles. The highest BCUT2D eigenvalue weighted by atomic mass is 32.1. The van der Waals surface area contributed by atoms with Crippen LogP contribution in [0.25, 0.3) is 42.0 Å². The van der Waals surface area contributed by atoms with Crippen molar-refractivity contribution < 1.29 is 19.4 Å². The smallest absolute Gasteiger partial charge is 0.404 e. The Hall–Kier alpha value is -4.21. The number of para-hydroxylation sites is 1. The van der Waals surface area contributed by atoms with E-state index in [-0.39, 0.29) is 11.9 Å². The van der Waals surface area contributed by atoms with E-state index >= 15 is 0 Å². The number of ether oxygens (including phenoxy) is 1. The third kappa shape index (κ3) is 5.42. The fraction of sp³-hybridized carbons (Fsp3) is 0.400. The Morgan fingerprint density at radius 1 is 1.22 bits per heavy atom. The van der Waals surface area contributed by atoms with Crippen LogP contribution >= 0.6 is 11.3 Å². The molecule has 11 heteroatoms. The Kier molecular flexibility index (Phi) is 7.47. The summed E-state index contributed by atoms with van der Waals surface area (Å²) in [7, 11) is 1.61. The Balaban J connectivity index is 1.46. The first-order valence-corrected chi connectivity index (χ1v) is 14.8. The lowest BCUT2D eigenvalue weighted by atomic mass is 10.0. The summed E-state index contributed by atoms with van der Waals surface area (Å²) < 4.78 is 9.22. The Morgan fingerprint density at radius 3 is 2.80 bits per heavy atom. The minimum atomic E-state index is -1.08. The number of rotatable bonds is 9. The molecule has 2 aromatic carbocycles. The van der Waals surface area contributed by atoms with Crippen molar-refractivity contribution in [2.24, 2.45) is 11.0 Å². The number of nitrogens with zero attached hydrogens (tertiary/aromatic N) is 5. The largest absolute Gasteiger partial charge is 0.496 e. The number of nitrogens with one attached hydrogen (secondary N) is 1. The van der Waals surface area contributed by atoms with Gasteiger partial charge in [-0.25, -0.2) is 4.79 Å². The molecule has 6 rings (SSSR count). The predicted octanol–water partition coefficient (Wildman–Crippen LogP) is 6.67. The molecule has 2 N–H and O–H groups in total. The second-order valence-corrected chi connectivity index (χ2v) is 11.9. The number of likely N-dealkylation sites (tertiary alicyclic amines) is 1. The molecule has 0 radical (unpaired) electrons. The molecule has 2 aromatic heterocycles. The van der Waals surface area contributed by atoms with Gasteiger partial charge in [0.15, 0.2) is 0 Å². The van der Waals surface area contributed by atoms with Gasteiger partial charge in [-0.3, -0.25) is 4.79 Å². The van der Waals surface area contributed by atoms with Crippen LogP contribution in [0.2, 0.25) is 0 Å². The molecule has 1 aliphatic heterocycles. The average molecular weight is 573 g/mol. The summed E-state index contributed by atoms with van der Waals surface area (Å²) in [5.41, 5.74) is 12.9. The van der Waals surface area contributed by atoms with Crippen LogP contribution in [-0.4, -0.2) is 59.4 Å². The van der Waals surface area contributed by atoms with Crippen molar-refractivity contribution in [3.05, 3.63) is 64.0 Å². The van der Waals surface area contributed by atoms with Gasteiger partial charge in [-0.05, 0) is 73.4 Å². The van der Waals surface area contributed by atoms with Gasteiger partial charge < -0.3 is 24.6 Å². The number of hydrogen-bond acceptors (Lipinski definition) is 5. The maximum atomic E-state index is 13.7. The van der Waals surface area contributed by atoms with E-state index in [4.69, 9.17) is 15.4 Å². The second kappa shape index (κ2) is 11.3. The average Bonchev–Trinajstić information content (AvgIpc) is 3.62. The Morgan fingerprint density at radius 2 is 2.05 bits per heavy atom. The minimum absolute atomic E-state index is 0.143. The summed E-state index contributed by atoms with van der Waals surface area (Å²) in [6.45, 7) is 2.17. The molecule has 1 atom stereocenters. The number of carbonyl (C=O) groups excluding carboxylic acids is 1. The van der Waals surface area contributed by atoms with Crippen molar-refractivity contribution in [2.75, 3.05) is 26.7 Å². The molecule has 1 saturated carbocycles. The summed E-state index contributed by atoms with van der Waals surface area (Å²) >= 11 is 1.63. The van der Waals surface area contributed by atoms with Crippen molar-refractivity contribution in [3.63, 3.8) is 0 Å². The van der Waals surface area contributed by atoms with Crippen molar-refractivity contribution in [1.29, 1.82) is 0 Å². The van der Waals surface area contributed by atoms with Crippen molar-refractivity contribution in [1.82, 2.24) is 14.8 Å². The summed E-state index contributed by atoms with van der Waals surface area (Å²) in [5.74, 6) is 1.13. The molecular formula is C30H32N6O4S. The predicted molar refractivity (Wildman–Crippen MR) is 160 cm³/mol. The number of piperidine rings is 1. The Bertz CT molecular complexity index is 1680. The number of fused-ring (bicyclic) bond motifs is 2. The van der Waals surface area contributed by atoms with E-state index in [0.717, 1.165) is 39.2 Å². The second-order valence-electron chi connectivity index (χ2n) is 10.8. The van der Waals surface area contributed by atoms with Crippen LogP contribution in [0, 0.1) is 5.92 Å². The van der Waals surface area contributed by atoms with Crippen molar-refractivity contribution >= 4 is 44.3 Å². The van der Waals surface area contributed by atoms with Crippen LogP contribution in [0.3, 0.4) is 0 Å². The van der Waals surface area contributed by atoms with Crippen LogP contribution in [0.5, 0.6) is 5.75 Å². The third-order valence-electron chi connectivity index (χ3n) is 8.06. The van der Waals surface area contributed by atoms with E-state index in [1.54, 1.807) is 29.4 Å². The van der Waals surface area contributed by atoms with E-state index in [2.05, 4.69) is 50.2 Å². The van der Waals surface area contributed by atoms with Crippen LogP contribution < -0.4 is 10.1 Å². The number of carboxylic acid groups (broad SMARTS) is 1. The molecule has 2 fully saturated rings. The third-order valence-corrected chi connectivity index (χ3v) is 9.26. The Labute approximate surface area is 241 Å². The lowest BCUT2D eigenvalue weighted by Crippen LogP contribution is -2.49. The highest BCUT2D eigenvalue weighted by Gasteiger charge is 2.29. The number of hydrogen-bond donors (Lipinski definition) is 2. The summed E-state index contributed by atoms with van der Waals surface area (Å²) in [6.07, 6.45) is 3.38. The molecule has 4 aromatic rings. The molecule has 1 unspecified atom stereocenters. The summed E-state index contributed by atoms with van der Waals surface area (Å²) in [4.78, 5) is 30.6. The molecular weight excluding hydrogens is 540 g/mol. The van der Waals surface area contributed by atoms with Gasteiger partial charge in [0.25, 0.3) is 5.91 Å². The quantitative estimate of drug-likeness (QED) is 0.132. The standard InChI is InChI=1S/C30H32N6O4S/c1-40-25-14-20(29(37)35-12-4-6-21(17-35)33-30(38)39)15-26-27(25)22(10-11-32-34-31)28(41-26)24-13-19-5-2-3-7-23(19)36(24)16-18-8-9-18/h2-3,5,7,13-15,18,21,33H,4,6,8-12,16-17H2,1H3,(H,38,39). The van der Waals surface area contributed by atoms with Crippen LogP contribution in [-0.2, 0) is 13.0 Å². The molecule has 10 nitrogen and oxygen atoms in total. The maximum Gasteiger partial charge on any atom is 0.404 e. The highest BCUT2D eigenvalue weighted by molar-refractivity contribution is 7.22. The number of benzene rings is 2. The van der Waals surface area contributed by atoms with Gasteiger partial charge >= 0.3 is 6.09 Å². The van der Waals surface area contributed by atoms with E-state index in [0.29, 0.717) is 49.7 Å². The molecule has 212 valence electrons. The number of aromatic nitrogens is 1. The van der Waals surface area contributed by atoms with E-state index < -0.39 is 6.09 Å². The zero-order chi connectivity index (χ0) is 28.5. The lowest BCUT2D eigenvalue weighted by Gasteiger charge is -2.32. The van der Waals surface area contributed by atoms with Crippen LogP contribution in [0.1, 0.15) is 41.6 Å². The topological polar surface area (TPSA) is 133 Å². The summed E-state index contributed by atoms with van der Waals surface area (Å²) in [6, 6.07) is 14.1. The van der Waals surface area contributed by atoms with Gasteiger partial charge in [0.2, 0.25) is 0 Å². The molecule has 0 bridgehead atoms. The number of azide groups is 1. The number of thiophene rings is 1. The number of amides is 2. The van der Waals surface area contributed by atoms with Crippen molar-refractivity contribution in [3.8, 4) is 16.3 Å². The van der Waals surface area contributed by atoms with Gasteiger partial charge in [-0.2, -0.15) is 0 Å². The number of methoxy groups -OCH3 is 1. The molecule has 41 heavy (non-hydrogen) atoms. The van der Waals surface area contributed by atoms with E-state index in [9.17, 15) is 9.59 Å². The molecule has 0 spiro atoms. The zero-order valence-electron chi connectivity index (χ0n) is 22.9. The number of carbonyl (C=O) groups is 2. The van der Waals surface area contributed by atoms with E-state index in [1.807, 2.05) is 6.07 Å². The fourth-order valence-electron chi connectivity index (χ4n) is 5.98. The molecule has 1 aliphatic carbocycles.